The summed E-state index contributed by atoms with van der Waals surface area (Å²) in [5.41, 5.74) is 0.912. The minimum atomic E-state index is -4.26. The summed E-state index contributed by atoms with van der Waals surface area (Å²) in [6.07, 6.45) is 0. The van der Waals surface area contributed by atoms with E-state index in [1.165, 1.54) is 30.3 Å². The van der Waals surface area contributed by atoms with Crippen LogP contribution in [0.4, 0.5) is 5.69 Å². The average molecular weight is 337 g/mol. The lowest BCUT2D eigenvalue weighted by molar-refractivity contribution is -0.385. The molecule has 0 aliphatic heterocycles. The van der Waals surface area contributed by atoms with Gasteiger partial charge in [0.1, 0.15) is 10.6 Å². The van der Waals surface area contributed by atoms with Crippen molar-refractivity contribution in [1.29, 1.82) is 0 Å². The molecule has 0 radical (unpaired) electrons. The minimum Gasteiger partial charge on any atom is -0.507 e. The molecule has 0 atom stereocenters. The van der Waals surface area contributed by atoms with Crippen LogP contribution in [0.1, 0.15) is 16.7 Å². The third kappa shape index (κ3) is 3.42. The molecule has 0 aromatic heterocycles. The summed E-state index contributed by atoms with van der Waals surface area (Å²) in [6.45, 7) is 4.75. The van der Waals surface area contributed by atoms with Gasteiger partial charge in [-0.05, 0) is 55.7 Å². The molecule has 0 amide bonds. The summed E-state index contributed by atoms with van der Waals surface area (Å²) >= 11 is 0. The average Bonchev–Trinajstić information content (AvgIpc) is 2.45. The minimum absolute atomic E-state index is 0.00901. The third-order valence-corrected chi connectivity index (χ3v) is 4.48. The van der Waals surface area contributed by atoms with Gasteiger partial charge >= 0.3 is 15.8 Å². The molecule has 0 spiro atoms. The fourth-order valence-corrected chi connectivity index (χ4v) is 3.18. The van der Waals surface area contributed by atoms with Crippen LogP contribution in [-0.4, -0.2) is 18.4 Å². The van der Waals surface area contributed by atoms with E-state index in [0.717, 1.165) is 0 Å². The van der Waals surface area contributed by atoms with Crippen molar-refractivity contribution in [3.8, 4) is 11.5 Å². The number of nitro groups is 1. The van der Waals surface area contributed by atoms with Crippen molar-refractivity contribution in [1.82, 2.24) is 0 Å². The van der Waals surface area contributed by atoms with Gasteiger partial charge in [0.15, 0.2) is 0 Å². The first-order chi connectivity index (χ1) is 10.6. The van der Waals surface area contributed by atoms with Crippen molar-refractivity contribution in [3.63, 3.8) is 0 Å². The van der Waals surface area contributed by atoms with Gasteiger partial charge in [0.2, 0.25) is 5.75 Å². The molecule has 0 unspecified atom stereocenters. The SMILES string of the molecule is Cc1ccc(OS(=O)(=O)c2cc(C)c(O)c(C)c2)c([N+](=O)[O-])c1. The van der Waals surface area contributed by atoms with E-state index in [1.54, 1.807) is 20.8 Å². The topological polar surface area (TPSA) is 107 Å². The molecule has 0 heterocycles. The number of nitro benzene ring substituents is 1. The maximum absolute atomic E-state index is 12.4. The van der Waals surface area contributed by atoms with E-state index in [0.29, 0.717) is 16.7 Å². The van der Waals surface area contributed by atoms with Crippen molar-refractivity contribution in [2.75, 3.05) is 0 Å². The van der Waals surface area contributed by atoms with Gasteiger partial charge in [0.25, 0.3) is 0 Å². The Morgan fingerprint density at radius 1 is 1.09 bits per heavy atom. The largest absolute Gasteiger partial charge is 0.507 e. The van der Waals surface area contributed by atoms with Crippen LogP contribution in [0.5, 0.6) is 11.5 Å². The van der Waals surface area contributed by atoms with E-state index in [-0.39, 0.29) is 16.4 Å². The van der Waals surface area contributed by atoms with Crippen LogP contribution in [0.3, 0.4) is 0 Å². The van der Waals surface area contributed by atoms with Crippen molar-refractivity contribution in [3.05, 3.63) is 57.1 Å². The van der Waals surface area contributed by atoms with Gasteiger partial charge in [0.05, 0.1) is 4.92 Å². The summed E-state index contributed by atoms with van der Waals surface area (Å²) in [5, 5.41) is 20.8. The van der Waals surface area contributed by atoms with E-state index in [9.17, 15) is 23.6 Å². The van der Waals surface area contributed by atoms with Crippen LogP contribution >= 0.6 is 0 Å². The fourth-order valence-electron chi connectivity index (χ4n) is 2.07. The monoisotopic (exact) mass is 337 g/mol. The highest BCUT2D eigenvalue weighted by molar-refractivity contribution is 7.87. The second-order valence-electron chi connectivity index (χ2n) is 5.17. The van der Waals surface area contributed by atoms with Crippen molar-refractivity contribution in [2.45, 2.75) is 25.7 Å². The summed E-state index contributed by atoms with van der Waals surface area (Å²) in [6, 6.07) is 6.49. The highest BCUT2D eigenvalue weighted by Gasteiger charge is 2.24. The van der Waals surface area contributed by atoms with Crippen molar-refractivity contribution in [2.24, 2.45) is 0 Å². The van der Waals surface area contributed by atoms with Crippen molar-refractivity contribution < 1.29 is 22.6 Å². The fraction of sp³-hybridized carbons (Fsp3) is 0.200. The molecule has 122 valence electrons. The zero-order valence-corrected chi connectivity index (χ0v) is 13.5. The maximum atomic E-state index is 12.4. The van der Waals surface area contributed by atoms with Crippen LogP contribution in [-0.2, 0) is 10.1 Å². The lowest BCUT2D eigenvalue weighted by Gasteiger charge is -2.10. The Hall–Kier alpha value is -2.61. The quantitative estimate of drug-likeness (QED) is 0.522. The van der Waals surface area contributed by atoms with E-state index < -0.39 is 20.7 Å². The zero-order chi connectivity index (χ0) is 17.4. The predicted molar refractivity (Wildman–Crippen MR) is 83.2 cm³/mol. The Labute approximate surface area is 133 Å². The lowest BCUT2D eigenvalue weighted by atomic mass is 10.1. The predicted octanol–water partition coefficient (Wildman–Crippen LogP) is 2.99. The first-order valence-electron chi connectivity index (χ1n) is 6.61. The number of benzene rings is 2. The number of phenolic OH excluding ortho intramolecular Hbond substituents is 1. The first-order valence-corrected chi connectivity index (χ1v) is 8.02. The summed E-state index contributed by atoms with van der Waals surface area (Å²) < 4.78 is 29.6. The maximum Gasteiger partial charge on any atom is 0.339 e. The van der Waals surface area contributed by atoms with E-state index in [4.69, 9.17) is 4.18 Å². The van der Waals surface area contributed by atoms with Crippen LogP contribution in [0.2, 0.25) is 0 Å². The molecule has 7 nitrogen and oxygen atoms in total. The summed E-state index contributed by atoms with van der Waals surface area (Å²) in [4.78, 5) is 10.2. The highest BCUT2D eigenvalue weighted by Crippen LogP contribution is 2.32. The van der Waals surface area contributed by atoms with Gasteiger partial charge < -0.3 is 9.29 Å². The van der Waals surface area contributed by atoms with E-state index in [1.807, 2.05) is 0 Å². The second-order valence-corrected chi connectivity index (χ2v) is 6.72. The molecule has 23 heavy (non-hydrogen) atoms. The standard InChI is InChI=1S/C15H15NO6S/c1-9-4-5-14(13(6-9)16(18)19)22-23(20,21)12-7-10(2)15(17)11(3)8-12/h4-8,17H,1-3H3. The molecule has 0 saturated heterocycles. The Morgan fingerprint density at radius 2 is 1.65 bits per heavy atom. The van der Waals surface area contributed by atoms with Gasteiger partial charge in [0, 0.05) is 6.07 Å². The molecule has 1 N–H and O–H groups in total. The van der Waals surface area contributed by atoms with Crippen LogP contribution in [0.25, 0.3) is 0 Å². The van der Waals surface area contributed by atoms with Crippen molar-refractivity contribution >= 4 is 15.8 Å². The van der Waals surface area contributed by atoms with Crippen LogP contribution in [0, 0.1) is 30.9 Å². The van der Waals surface area contributed by atoms with E-state index >= 15 is 0 Å². The van der Waals surface area contributed by atoms with Gasteiger partial charge in [-0.2, -0.15) is 8.42 Å². The number of phenols is 1. The smallest absolute Gasteiger partial charge is 0.339 e. The molecule has 2 rings (SSSR count). The third-order valence-electron chi connectivity index (χ3n) is 3.26. The summed E-state index contributed by atoms with van der Waals surface area (Å²) in [5.74, 6) is -0.366. The number of rotatable bonds is 4. The summed E-state index contributed by atoms with van der Waals surface area (Å²) in [7, 11) is -4.26. The van der Waals surface area contributed by atoms with Gasteiger partial charge in [-0.1, -0.05) is 6.07 Å². The number of nitrogens with zero attached hydrogens (tertiary/aromatic N) is 1. The number of hydrogen-bond acceptors (Lipinski definition) is 6. The molecule has 8 heteroatoms. The molecular weight excluding hydrogens is 322 g/mol. The van der Waals surface area contributed by atoms with Gasteiger partial charge in [-0.3, -0.25) is 10.1 Å². The Bertz CT molecular complexity index is 866. The molecule has 0 aliphatic rings. The normalized spacial score (nSPS) is 11.3. The molecule has 0 fully saturated rings. The molecule has 0 aliphatic carbocycles. The molecule has 2 aromatic rings. The number of hydrogen-bond donors (Lipinski definition) is 1. The molecule has 0 saturated carbocycles. The van der Waals surface area contributed by atoms with Crippen LogP contribution in [0.15, 0.2) is 35.2 Å². The zero-order valence-electron chi connectivity index (χ0n) is 12.7. The molecule has 0 bridgehead atoms. The highest BCUT2D eigenvalue weighted by atomic mass is 32.2. The number of aromatic hydroxyl groups is 1. The lowest BCUT2D eigenvalue weighted by Crippen LogP contribution is -2.11. The van der Waals surface area contributed by atoms with Gasteiger partial charge in [-0.15, -0.1) is 0 Å². The second kappa shape index (κ2) is 5.88. The molecule has 2 aromatic carbocycles. The molecular formula is C15H15NO6S. The Kier molecular flexibility index (Phi) is 4.28. The van der Waals surface area contributed by atoms with Crippen LogP contribution < -0.4 is 4.18 Å². The van der Waals surface area contributed by atoms with Gasteiger partial charge in [-0.25, -0.2) is 0 Å². The Morgan fingerprint density at radius 3 is 2.17 bits per heavy atom. The Balaban J connectivity index is 2.49. The van der Waals surface area contributed by atoms with E-state index in [2.05, 4.69) is 0 Å². The first kappa shape index (κ1) is 16.8. The number of aryl methyl sites for hydroxylation is 3.